The maximum Gasteiger partial charge on any atom is 0.118 e. The average molecular weight is 275 g/mol. The smallest absolute Gasteiger partial charge is 0.118 e. The molecule has 0 spiro atoms. The van der Waals surface area contributed by atoms with Gasteiger partial charge in [0.15, 0.2) is 0 Å². The topological polar surface area (TPSA) is 22.1 Å². The minimum Gasteiger partial charge on any atom is -0.497 e. The van der Waals surface area contributed by atoms with Gasteiger partial charge in [0, 0.05) is 16.8 Å². The van der Waals surface area contributed by atoms with Crippen LogP contribution in [0.15, 0.2) is 66.7 Å². The van der Waals surface area contributed by atoms with E-state index in [1.165, 1.54) is 0 Å². The molecule has 0 saturated carbocycles. The molecule has 104 valence electrons. The van der Waals surface area contributed by atoms with Crippen LogP contribution in [0.1, 0.15) is 5.69 Å². The molecule has 0 radical (unpaired) electrons. The molecule has 0 fully saturated rings. The number of hydrogen-bond acceptors (Lipinski definition) is 2. The first-order valence-corrected chi connectivity index (χ1v) is 6.95. The molecule has 21 heavy (non-hydrogen) atoms. The van der Waals surface area contributed by atoms with Crippen LogP contribution in [0.3, 0.4) is 0 Å². The van der Waals surface area contributed by atoms with Crippen LogP contribution in [-0.2, 0) is 0 Å². The van der Waals surface area contributed by atoms with Gasteiger partial charge < -0.3 is 4.74 Å². The first kappa shape index (κ1) is 13.4. The number of hydrogen-bond donors (Lipinski definition) is 0. The summed E-state index contributed by atoms with van der Waals surface area (Å²) >= 11 is 0. The van der Waals surface area contributed by atoms with E-state index in [1.807, 2.05) is 37.3 Å². The number of methoxy groups -OCH3 is 1. The largest absolute Gasteiger partial charge is 0.497 e. The number of nitrogens with zero attached hydrogens (tertiary/aromatic N) is 1. The highest BCUT2D eigenvalue weighted by Gasteiger charge is 2.06. The number of aromatic nitrogens is 1. The predicted octanol–water partition coefficient (Wildman–Crippen LogP) is 4.73. The zero-order valence-corrected chi connectivity index (χ0v) is 12.2. The van der Waals surface area contributed by atoms with Gasteiger partial charge in [-0.25, -0.2) is 0 Å². The van der Waals surface area contributed by atoms with Crippen molar-refractivity contribution >= 4 is 0 Å². The molecule has 0 atom stereocenters. The molecule has 3 rings (SSSR count). The summed E-state index contributed by atoms with van der Waals surface area (Å²) in [5.74, 6) is 0.866. The van der Waals surface area contributed by atoms with Crippen LogP contribution in [0.4, 0.5) is 0 Å². The second-order valence-electron chi connectivity index (χ2n) is 4.92. The molecule has 0 aliphatic carbocycles. The van der Waals surface area contributed by atoms with Gasteiger partial charge in [-0.3, -0.25) is 4.98 Å². The maximum absolute atomic E-state index is 5.20. The Labute approximate surface area is 125 Å². The number of aryl methyl sites for hydroxylation is 1. The lowest BCUT2D eigenvalue weighted by Gasteiger charge is -2.09. The second-order valence-corrected chi connectivity index (χ2v) is 4.92. The molecule has 1 heterocycles. The fourth-order valence-corrected chi connectivity index (χ4v) is 2.41. The van der Waals surface area contributed by atoms with Crippen molar-refractivity contribution in [3.8, 4) is 28.1 Å². The molecule has 0 bridgehead atoms. The Morgan fingerprint density at radius 3 is 2.10 bits per heavy atom. The summed E-state index contributed by atoms with van der Waals surface area (Å²) in [4.78, 5) is 4.73. The predicted molar refractivity (Wildman–Crippen MR) is 86.4 cm³/mol. The van der Waals surface area contributed by atoms with Gasteiger partial charge in [0.25, 0.3) is 0 Å². The van der Waals surface area contributed by atoms with Gasteiger partial charge in [-0.1, -0.05) is 48.5 Å². The van der Waals surface area contributed by atoms with E-state index in [-0.39, 0.29) is 0 Å². The van der Waals surface area contributed by atoms with Crippen molar-refractivity contribution in [1.29, 1.82) is 0 Å². The first-order valence-electron chi connectivity index (χ1n) is 6.95. The third-order valence-corrected chi connectivity index (χ3v) is 3.56. The lowest BCUT2D eigenvalue weighted by molar-refractivity contribution is 0.415. The van der Waals surface area contributed by atoms with Crippen molar-refractivity contribution in [2.45, 2.75) is 6.92 Å². The zero-order chi connectivity index (χ0) is 14.7. The molecule has 2 heteroatoms. The monoisotopic (exact) mass is 275 g/mol. The molecule has 0 aliphatic heterocycles. The second kappa shape index (κ2) is 5.80. The molecule has 0 amide bonds. The fourth-order valence-electron chi connectivity index (χ4n) is 2.41. The average Bonchev–Trinajstić information content (AvgIpc) is 2.56. The summed E-state index contributed by atoms with van der Waals surface area (Å²) in [6, 6.07) is 22.5. The summed E-state index contributed by atoms with van der Waals surface area (Å²) in [5, 5.41) is 0. The summed E-state index contributed by atoms with van der Waals surface area (Å²) in [7, 11) is 1.68. The molecule has 0 aliphatic rings. The summed E-state index contributed by atoms with van der Waals surface area (Å²) < 4.78 is 5.20. The van der Waals surface area contributed by atoms with Crippen LogP contribution in [0, 0.1) is 6.92 Å². The van der Waals surface area contributed by atoms with Gasteiger partial charge in [0.2, 0.25) is 0 Å². The number of rotatable bonds is 3. The Kier molecular flexibility index (Phi) is 3.69. The van der Waals surface area contributed by atoms with Crippen molar-refractivity contribution in [3.05, 3.63) is 72.4 Å². The van der Waals surface area contributed by atoms with E-state index in [1.54, 1.807) is 7.11 Å². The summed E-state index contributed by atoms with van der Waals surface area (Å²) in [6.45, 7) is 2.05. The lowest BCUT2D eigenvalue weighted by Crippen LogP contribution is -1.91. The van der Waals surface area contributed by atoms with E-state index in [2.05, 4.69) is 36.4 Å². The van der Waals surface area contributed by atoms with Crippen molar-refractivity contribution in [3.63, 3.8) is 0 Å². The third-order valence-electron chi connectivity index (χ3n) is 3.56. The van der Waals surface area contributed by atoms with Crippen LogP contribution >= 0.6 is 0 Å². The molecule has 3 aromatic rings. The van der Waals surface area contributed by atoms with Crippen LogP contribution in [-0.4, -0.2) is 12.1 Å². The summed E-state index contributed by atoms with van der Waals surface area (Å²) in [5.41, 5.74) is 5.48. The van der Waals surface area contributed by atoms with Crippen molar-refractivity contribution < 1.29 is 4.74 Å². The fraction of sp³-hybridized carbons (Fsp3) is 0.105. The van der Waals surface area contributed by atoms with Gasteiger partial charge in [-0.05, 0) is 30.7 Å². The van der Waals surface area contributed by atoms with E-state index in [9.17, 15) is 0 Å². The van der Waals surface area contributed by atoms with Gasteiger partial charge in [0.1, 0.15) is 5.75 Å². The van der Waals surface area contributed by atoms with E-state index in [4.69, 9.17) is 9.72 Å². The molecule has 2 aromatic carbocycles. The van der Waals surface area contributed by atoms with E-state index in [0.29, 0.717) is 0 Å². The van der Waals surface area contributed by atoms with Gasteiger partial charge in [-0.2, -0.15) is 0 Å². The van der Waals surface area contributed by atoms with Crippen LogP contribution < -0.4 is 4.74 Å². The highest BCUT2D eigenvalue weighted by molar-refractivity contribution is 5.70. The standard InChI is InChI=1S/C19H17NO/c1-14-18(15-8-10-17(21-2)11-9-15)12-13-19(20-14)16-6-4-3-5-7-16/h3-13H,1-2H3. The summed E-state index contributed by atoms with van der Waals surface area (Å²) in [6.07, 6.45) is 0. The van der Waals surface area contributed by atoms with Gasteiger partial charge in [0.05, 0.1) is 12.8 Å². The minimum atomic E-state index is 0.866. The normalized spacial score (nSPS) is 10.4. The molecule has 0 saturated heterocycles. The van der Waals surface area contributed by atoms with Gasteiger partial charge >= 0.3 is 0 Å². The maximum atomic E-state index is 5.20. The molecule has 0 unspecified atom stereocenters. The van der Waals surface area contributed by atoms with Crippen molar-refractivity contribution in [1.82, 2.24) is 4.98 Å². The lowest BCUT2D eigenvalue weighted by atomic mass is 10.0. The third kappa shape index (κ3) is 2.79. The number of pyridine rings is 1. The van der Waals surface area contributed by atoms with Crippen LogP contribution in [0.5, 0.6) is 5.75 Å². The Morgan fingerprint density at radius 1 is 0.762 bits per heavy atom. The Bertz CT molecular complexity index is 733. The van der Waals surface area contributed by atoms with Crippen molar-refractivity contribution in [2.75, 3.05) is 7.11 Å². The SMILES string of the molecule is COc1ccc(-c2ccc(-c3ccccc3)nc2C)cc1. The molecular formula is C19H17NO. The van der Waals surface area contributed by atoms with Gasteiger partial charge in [-0.15, -0.1) is 0 Å². The van der Waals surface area contributed by atoms with E-state index >= 15 is 0 Å². The van der Waals surface area contributed by atoms with Crippen LogP contribution in [0.25, 0.3) is 22.4 Å². The Morgan fingerprint density at radius 2 is 1.48 bits per heavy atom. The Balaban J connectivity index is 1.97. The molecular weight excluding hydrogens is 258 g/mol. The molecule has 0 N–H and O–H groups in total. The molecule has 2 nitrogen and oxygen atoms in total. The zero-order valence-electron chi connectivity index (χ0n) is 12.2. The van der Waals surface area contributed by atoms with Crippen LogP contribution in [0.2, 0.25) is 0 Å². The number of ether oxygens (including phenoxy) is 1. The minimum absolute atomic E-state index is 0.866. The number of benzene rings is 2. The quantitative estimate of drug-likeness (QED) is 0.689. The Hall–Kier alpha value is -2.61. The first-order chi connectivity index (χ1) is 10.3. The van der Waals surface area contributed by atoms with E-state index < -0.39 is 0 Å². The molecule has 1 aromatic heterocycles. The van der Waals surface area contributed by atoms with Crippen molar-refractivity contribution in [2.24, 2.45) is 0 Å². The van der Waals surface area contributed by atoms with E-state index in [0.717, 1.165) is 33.8 Å². The highest BCUT2D eigenvalue weighted by atomic mass is 16.5. The highest BCUT2D eigenvalue weighted by Crippen LogP contribution is 2.27.